The number of aromatic amines is 1. The molecule has 8 heteroatoms. The Bertz CT molecular complexity index is 867. The minimum Gasteiger partial charge on any atom is -0.340 e. The number of likely N-dealkylation sites (tertiary alicyclic amines) is 1. The average molecular weight is 317 g/mol. The molecule has 1 N–H and O–H groups in total. The van der Waals surface area contributed by atoms with E-state index in [1.54, 1.807) is 6.92 Å². The van der Waals surface area contributed by atoms with Crippen LogP contribution in [0.5, 0.6) is 0 Å². The molecular formula is C14H15N5O2S. The predicted octanol–water partition coefficient (Wildman–Crippen LogP) is 2.01. The molecule has 7 nitrogen and oxygen atoms in total. The van der Waals surface area contributed by atoms with Gasteiger partial charge in [0.25, 0.3) is 5.56 Å². The van der Waals surface area contributed by atoms with Crippen LogP contribution in [0.4, 0.5) is 0 Å². The summed E-state index contributed by atoms with van der Waals surface area (Å²) in [6, 6.07) is 2.00. The van der Waals surface area contributed by atoms with E-state index < -0.39 is 0 Å². The normalized spacial score (nSPS) is 19.2. The third kappa shape index (κ3) is 2.34. The molecule has 1 aliphatic heterocycles. The van der Waals surface area contributed by atoms with Gasteiger partial charge < -0.3 is 9.51 Å². The van der Waals surface area contributed by atoms with E-state index in [1.807, 2.05) is 11.4 Å². The second-order valence-electron chi connectivity index (χ2n) is 5.45. The molecule has 114 valence electrons. The van der Waals surface area contributed by atoms with Gasteiger partial charge in [0.1, 0.15) is 10.5 Å². The third-order valence-electron chi connectivity index (χ3n) is 3.92. The summed E-state index contributed by atoms with van der Waals surface area (Å²) in [5, 5.41) is 5.92. The summed E-state index contributed by atoms with van der Waals surface area (Å²) in [5.74, 6) is 1.98. The van der Waals surface area contributed by atoms with Crippen LogP contribution in [0.3, 0.4) is 0 Å². The number of hydrogen-bond donors (Lipinski definition) is 1. The standard InChI is InChI=1S/C14H15N5O2S/c1-8-15-13(18-21-8)10-3-2-5-19(10)7-11-16-9-4-6-22-12(9)14(20)17-11/h4,6,10H,2-3,5,7H2,1H3,(H,16,17,20). The lowest BCUT2D eigenvalue weighted by Crippen LogP contribution is -2.26. The van der Waals surface area contributed by atoms with Gasteiger partial charge in [0, 0.05) is 6.92 Å². The Morgan fingerprint density at radius 1 is 1.50 bits per heavy atom. The minimum atomic E-state index is -0.0684. The monoisotopic (exact) mass is 317 g/mol. The van der Waals surface area contributed by atoms with E-state index in [-0.39, 0.29) is 11.6 Å². The molecule has 0 aromatic carbocycles. The number of fused-ring (bicyclic) bond motifs is 1. The van der Waals surface area contributed by atoms with E-state index >= 15 is 0 Å². The van der Waals surface area contributed by atoms with E-state index in [0.29, 0.717) is 28.8 Å². The summed E-state index contributed by atoms with van der Waals surface area (Å²) in [4.78, 5) is 26.0. The van der Waals surface area contributed by atoms with Crippen LogP contribution in [0.15, 0.2) is 20.8 Å². The molecule has 4 heterocycles. The minimum absolute atomic E-state index is 0.0684. The number of thiophene rings is 1. The van der Waals surface area contributed by atoms with Crippen LogP contribution in [0.2, 0.25) is 0 Å². The number of aromatic nitrogens is 4. The number of aryl methyl sites for hydroxylation is 1. The lowest BCUT2D eigenvalue weighted by Gasteiger charge is -2.20. The highest BCUT2D eigenvalue weighted by atomic mass is 32.1. The Labute approximate surface area is 130 Å². The zero-order chi connectivity index (χ0) is 15.1. The van der Waals surface area contributed by atoms with Gasteiger partial charge in [-0.1, -0.05) is 5.16 Å². The van der Waals surface area contributed by atoms with Gasteiger partial charge in [0.2, 0.25) is 5.89 Å². The largest absolute Gasteiger partial charge is 0.340 e. The molecule has 1 atom stereocenters. The van der Waals surface area contributed by atoms with Crippen molar-refractivity contribution in [3.8, 4) is 0 Å². The lowest BCUT2D eigenvalue weighted by molar-refractivity contribution is 0.228. The number of rotatable bonds is 3. The predicted molar refractivity (Wildman–Crippen MR) is 81.7 cm³/mol. The second kappa shape index (κ2) is 5.29. The molecule has 0 saturated carbocycles. The quantitative estimate of drug-likeness (QED) is 0.795. The lowest BCUT2D eigenvalue weighted by atomic mass is 10.2. The molecule has 1 fully saturated rings. The summed E-state index contributed by atoms with van der Waals surface area (Å²) in [6.45, 7) is 3.31. The summed E-state index contributed by atoms with van der Waals surface area (Å²) in [6.07, 6.45) is 2.06. The SMILES string of the molecule is Cc1nc(C2CCCN2Cc2nc3ccsc3c(=O)[nH]2)no1. The first-order valence-electron chi connectivity index (χ1n) is 7.21. The maximum atomic E-state index is 12.0. The molecule has 1 aliphatic rings. The molecule has 3 aromatic heterocycles. The van der Waals surface area contributed by atoms with Crippen molar-refractivity contribution in [1.82, 2.24) is 25.0 Å². The fourth-order valence-corrected chi connectivity index (χ4v) is 3.67. The Balaban J connectivity index is 1.62. The van der Waals surface area contributed by atoms with Gasteiger partial charge in [0.05, 0.1) is 18.1 Å². The van der Waals surface area contributed by atoms with Crippen molar-refractivity contribution in [3.05, 3.63) is 39.3 Å². The van der Waals surface area contributed by atoms with Gasteiger partial charge in [-0.15, -0.1) is 11.3 Å². The van der Waals surface area contributed by atoms with E-state index in [4.69, 9.17) is 4.52 Å². The van der Waals surface area contributed by atoms with Crippen LogP contribution >= 0.6 is 11.3 Å². The van der Waals surface area contributed by atoms with E-state index in [9.17, 15) is 4.79 Å². The summed E-state index contributed by atoms with van der Waals surface area (Å²) in [5.41, 5.74) is 0.691. The number of H-pyrrole nitrogens is 1. The van der Waals surface area contributed by atoms with Crippen LogP contribution < -0.4 is 5.56 Å². The zero-order valence-corrected chi connectivity index (χ0v) is 12.9. The third-order valence-corrected chi connectivity index (χ3v) is 4.82. The fraction of sp³-hybridized carbons (Fsp3) is 0.429. The Morgan fingerprint density at radius 3 is 3.23 bits per heavy atom. The highest BCUT2D eigenvalue weighted by Gasteiger charge is 2.30. The van der Waals surface area contributed by atoms with Gasteiger partial charge in [0.15, 0.2) is 5.82 Å². The highest BCUT2D eigenvalue weighted by molar-refractivity contribution is 7.17. The van der Waals surface area contributed by atoms with Crippen molar-refractivity contribution in [1.29, 1.82) is 0 Å². The molecule has 22 heavy (non-hydrogen) atoms. The summed E-state index contributed by atoms with van der Waals surface area (Å²) in [7, 11) is 0. The molecule has 1 saturated heterocycles. The van der Waals surface area contributed by atoms with Crippen molar-refractivity contribution >= 4 is 21.6 Å². The fourth-order valence-electron chi connectivity index (χ4n) is 2.95. The van der Waals surface area contributed by atoms with Crippen molar-refractivity contribution < 1.29 is 4.52 Å². The molecule has 0 bridgehead atoms. The Kier molecular flexibility index (Phi) is 3.27. The van der Waals surface area contributed by atoms with Crippen LogP contribution in [-0.4, -0.2) is 31.6 Å². The topological polar surface area (TPSA) is 87.9 Å². The molecular weight excluding hydrogens is 302 g/mol. The molecule has 0 radical (unpaired) electrons. The van der Waals surface area contributed by atoms with Gasteiger partial charge in [-0.25, -0.2) is 4.98 Å². The van der Waals surface area contributed by atoms with Crippen molar-refractivity contribution in [2.24, 2.45) is 0 Å². The van der Waals surface area contributed by atoms with Crippen molar-refractivity contribution in [2.45, 2.75) is 32.4 Å². The van der Waals surface area contributed by atoms with Gasteiger partial charge in [-0.3, -0.25) is 9.69 Å². The smallest absolute Gasteiger partial charge is 0.268 e. The summed E-state index contributed by atoms with van der Waals surface area (Å²) >= 11 is 1.41. The van der Waals surface area contributed by atoms with Crippen molar-refractivity contribution in [3.63, 3.8) is 0 Å². The maximum Gasteiger partial charge on any atom is 0.268 e. The van der Waals surface area contributed by atoms with E-state index in [1.165, 1.54) is 11.3 Å². The van der Waals surface area contributed by atoms with Crippen LogP contribution in [-0.2, 0) is 6.54 Å². The Hall–Kier alpha value is -2.06. The van der Waals surface area contributed by atoms with E-state index in [0.717, 1.165) is 24.9 Å². The number of hydrogen-bond acceptors (Lipinski definition) is 7. The Morgan fingerprint density at radius 2 is 2.41 bits per heavy atom. The molecule has 1 unspecified atom stereocenters. The first kappa shape index (κ1) is 13.6. The van der Waals surface area contributed by atoms with Gasteiger partial charge in [-0.2, -0.15) is 4.98 Å². The number of nitrogens with one attached hydrogen (secondary N) is 1. The molecule has 0 aliphatic carbocycles. The molecule has 0 spiro atoms. The summed E-state index contributed by atoms with van der Waals surface area (Å²) < 4.78 is 5.76. The van der Waals surface area contributed by atoms with Crippen molar-refractivity contribution in [2.75, 3.05) is 6.54 Å². The number of nitrogens with zero attached hydrogens (tertiary/aromatic N) is 4. The first-order valence-corrected chi connectivity index (χ1v) is 8.09. The zero-order valence-electron chi connectivity index (χ0n) is 12.1. The van der Waals surface area contributed by atoms with E-state index in [2.05, 4.69) is 25.0 Å². The second-order valence-corrected chi connectivity index (χ2v) is 6.36. The first-order chi connectivity index (χ1) is 10.7. The average Bonchev–Trinajstić information content (AvgIpc) is 3.19. The van der Waals surface area contributed by atoms with Gasteiger partial charge >= 0.3 is 0 Å². The maximum absolute atomic E-state index is 12.0. The van der Waals surface area contributed by atoms with Crippen LogP contribution in [0.1, 0.15) is 36.4 Å². The molecule has 0 amide bonds. The highest BCUT2D eigenvalue weighted by Crippen LogP contribution is 2.31. The van der Waals surface area contributed by atoms with Gasteiger partial charge in [-0.05, 0) is 30.8 Å². The molecule has 3 aromatic rings. The van der Waals surface area contributed by atoms with Crippen LogP contribution in [0.25, 0.3) is 10.2 Å². The van der Waals surface area contributed by atoms with Crippen LogP contribution in [0, 0.1) is 6.92 Å². The molecule has 4 rings (SSSR count).